The second-order valence-corrected chi connectivity index (χ2v) is 6.63. The minimum absolute atomic E-state index is 0.0333. The van der Waals surface area contributed by atoms with E-state index < -0.39 is 0 Å². The van der Waals surface area contributed by atoms with Gasteiger partial charge in [-0.05, 0) is 49.7 Å². The van der Waals surface area contributed by atoms with Gasteiger partial charge in [-0.3, -0.25) is 4.79 Å². The van der Waals surface area contributed by atoms with Crippen LogP contribution in [0.5, 0.6) is 0 Å². The number of rotatable bonds is 2. The fourth-order valence-corrected chi connectivity index (χ4v) is 3.44. The SMILES string of the molecule is Cc1cccc2nc(C(=O)N3CCCN(c4ccc(F)cc4)CC3)cn12. The summed E-state index contributed by atoms with van der Waals surface area (Å²) < 4.78 is 15.1. The number of hydrogen-bond acceptors (Lipinski definition) is 3. The molecule has 1 aliphatic rings. The van der Waals surface area contributed by atoms with Gasteiger partial charge < -0.3 is 14.2 Å². The number of benzene rings is 1. The number of aryl methyl sites for hydroxylation is 1. The number of amides is 1. The van der Waals surface area contributed by atoms with Gasteiger partial charge in [0.2, 0.25) is 0 Å². The highest BCUT2D eigenvalue weighted by atomic mass is 19.1. The highest BCUT2D eigenvalue weighted by molar-refractivity contribution is 5.93. The molecule has 0 aliphatic carbocycles. The number of carbonyl (C=O) groups is 1. The van der Waals surface area contributed by atoms with E-state index in [1.54, 1.807) is 12.1 Å². The zero-order valence-electron chi connectivity index (χ0n) is 14.7. The lowest BCUT2D eigenvalue weighted by atomic mass is 10.2. The summed E-state index contributed by atoms with van der Waals surface area (Å²) in [5.74, 6) is -0.267. The molecule has 3 aromatic rings. The topological polar surface area (TPSA) is 40.9 Å². The van der Waals surface area contributed by atoms with E-state index in [-0.39, 0.29) is 11.7 Å². The molecule has 0 bridgehead atoms. The summed E-state index contributed by atoms with van der Waals surface area (Å²) in [5, 5.41) is 0. The molecule has 134 valence electrons. The summed E-state index contributed by atoms with van der Waals surface area (Å²) in [7, 11) is 0. The van der Waals surface area contributed by atoms with Gasteiger partial charge in [0.1, 0.15) is 17.2 Å². The van der Waals surface area contributed by atoms with E-state index >= 15 is 0 Å². The van der Waals surface area contributed by atoms with Gasteiger partial charge in [-0.1, -0.05) is 6.07 Å². The summed E-state index contributed by atoms with van der Waals surface area (Å²) in [5.41, 5.74) is 3.31. The lowest BCUT2D eigenvalue weighted by Crippen LogP contribution is -2.35. The molecule has 1 aromatic carbocycles. The molecule has 0 spiro atoms. The van der Waals surface area contributed by atoms with Crippen LogP contribution in [0.25, 0.3) is 5.65 Å². The number of fused-ring (bicyclic) bond motifs is 1. The molecule has 1 saturated heterocycles. The van der Waals surface area contributed by atoms with Gasteiger partial charge >= 0.3 is 0 Å². The second-order valence-electron chi connectivity index (χ2n) is 6.63. The first-order valence-corrected chi connectivity index (χ1v) is 8.86. The Morgan fingerprint density at radius 1 is 1.04 bits per heavy atom. The van der Waals surface area contributed by atoms with Crippen molar-refractivity contribution in [3.05, 3.63) is 65.9 Å². The fraction of sp³-hybridized carbons (Fsp3) is 0.300. The average Bonchev–Trinajstić information content (AvgIpc) is 2.94. The third-order valence-corrected chi connectivity index (χ3v) is 4.89. The van der Waals surface area contributed by atoms with Gasteiger partial charge in [-0.25, -0.2) is 9.37 Å². The van der Waals surface area contributed by atoms with E-state index in [4.69, 9.17) is 0 Å². The first-order valence-electron chi connectivity index (χ1n) is 8.86. The first-order chi connectivity index (χ1) is 12.6. The van der Waals surface area contributed by atoms with Crippen LogP contribution in [0.15, 0.2) is 48.7 Å². The van der Waals surface area contributed by atoms with E-state index in [0.29, 0.717) is 18.8 Å². The van der Waals surface area contributed by atoms with Gasteiger partial charge in [-0.15, -0.1) is 0 Å². The standard InChI is InChI=1S/C20H21FN4O/c1-15-4-2-5-19-22-18(14-25(15)19)20(26)24-11-3-10-23(12-13-24)17-8-6-16(21)7-9-17/h2,4-9,14H,3,10-13H2,1H3. The number of anilines is 1. The van der Waals surface area contributed by atoms with Crippen molar-refractivity contribution >= 4 is 17.2 Å². The van der Waals surface area contributed by atoms with E-state index in [1.807, 2.05) is 40.6 Å². The van der Waals surface area contributed by atoms with Crippen LogP contribution >= 0.6 is 0 Å². The molecular formula is C20H21FN4O. The van der Waals surface area contributed by atoms with Gasteiger partial charge in [0.25, 0.3) is 5.91 Å². The highest BCUT2D eigenvalue weighted by Crippen LogP contribution is 2.18. The van der Waals surface area contributed by atoms with Crippen LogP contribution < -0.4 is 4.90 Å². The van der Waals surface area contributed by atoms with Crippen LogP contribution in [-0.4, -0.2) is 46.4 Å². The summed E-state index contributed by atoms with van der Waals surface area (Å²) >= 11 is 0. The first kappa shape index (κ1) is 16.6. The fourth-order valence-electron chi connectivity index (χ4n) is 3.44. The molecule has 4 rings (SSSR count). The van der Waals surface area contributed by atoms with Crippen LogP contribution in [0.3, 0.4) is 0 Å². The third kappa shape index (κ3) is 3.14. The van der Waals surface area contributed by atoms with E-state index in [9.17, 15) is 9.18 Å². The summed E-state index contributed by atoms with van der Waals surface area (Å²) in [6.07, 6.45) is 2.69. The molecular weight excluding hydrogens is 331 g/mol. The quantitative estimate of drug-likeness (QED) is 0.711. The molecule has 2 aromatic heterocycles. The largest absolute Gasteiger partial charge is 0.370 e. The van der Waals surface area contributed by atoms with Gasteiger partial charge in [-0.2, -0.15) is 0 Å². The van der Waals surface area contributed by atoms with Crippen molar-refractivity contribution < 1.29 is 9.18 Å². The summed E-state index contributed by atoms with van der Waals surface area (Å²) in [6.45, 7) is 4.89. The number of carbonyl (C=O) groups excluding carboxylic acids is 1. The van der Waals surface area contributed by atoms with E-state index in [0.717, 1.165) is 36.5 Å². The molecule has 0 saturated carbocycles. The zero-order valence-corrected chi connectivity index (χ0v) is 14.7. The number of pyridine rings is 1. The molecule has 0 atom stereocenters. The van der Waals surface area contributed by atoms with Crippen molar-refractivity contribution in [2.24, 2.45) is 0 Å². The minimum Gasteiger partial charge on any atom is -0.370 e. The van der Waals surface area contributed by atoms with Crippen LogP contribution in [0.1, 0.15) is 22.6 Å². The van der Waals surface area contributed by atoms with E-state index in [2.05, 4.69) is 9.88 Å². The van der Waals surface area contributed by atoms with Gasteiger partial charge in [0, 0.05) is 43.8 Å². The zero-order chi connectivity index (χ0) is 18.1. The number of nitrogens with zero attached hydrogens (tertiary/aromatic N) is 4. The van der Waals surface area contributed by atoms with Crippen molar-refractivity contribution in [1.29, 1.82) is 0 Å². The second kappa shape index (κ2) is 6.78. The lowest BCUT2D eigenvalue weighted by molar-refractivity contribution is 0.0762. The Labute approximate surface area is 151 Å². The molecule has 0 N–H and O–H groups in total. The lowest BCUT2D eigenvalue weighted by Gasteiger charge is -2.23. The molecule has 1 fully saturated rings. The van der Waals surface area contributed by atoms with Crippen molar-refractivity contribution in [1.82, 2.24) is 14.3 Å². The molecule has 0 unspecified atom stereocenters. The molecule has 5 nitrogen and oxygen atoms in total. The predicted molar refractivity (Wildman–Crippen MR) is 99.1 cm³/mol. The van der Waals surface area contributed by atoms with Crippen LogP contribution in [0, 0.1) is 12.7 Å². The Morgan fingerprint density at radius 3 is 2.62 bits per heavy atom. The minimum atomic E-state index is -0.234. The van der Waals surface area contributed by atoms with Gasteiger partial charge in [0.05, 0.1) is 0 Å². The van der Waals surface area contributed by atoms with Crippen LogP contribution in [0.2, 0.25) is 0 Å². The molecule has 26 heavy (non-hydrogen) atoms. The highest BCUT2D eigenvalue weighted by Gasteiger charge is 2.22. The Bertz CT molecular complexity index is 935. The maximum atomic E-state index is 13.1. The van der Waals surface area contributed by atoms with Crippen molar-refractivity contribution in [3.63, 3.8) is 0 Å². The van der Waals surface area contributed by atoms with E-state index in [1.165, 1.54) is 12.1 Å². The molecule has 0 radical (unpaired) electrons. The summed E-state index contributed by atoms with van der Waals surface area (Å²) in [4.78, 5) is 21.4. The molecule has 1 amide bonds. The number of halogens is 1. The Kier molecular flexibility index (Phi) is 4.32. The third-order valence-electron chi connectivity index (χ3n) is 4.89. The Morgan fingerprint density at radius 2 is 1.85 bits per heavy atom. The number of hydrogen-bond donors (Lipinski definition) is 0. The van der Waals surface area contributed by atoms with Crippen molar-refractivity contribution in [3.8, 4) is 0 Å². The predicted octanol–water partition coefficient (Wildman–Crippen LogP) is 3.13. The molecule has 6 heteroatoms. The van der Waals surface area contributed by atoms with Crippen molar-refractivity contribution in [2.45, 2.75) is 13.3 Å². The molecule has 1 aliphatic heterocycles. The maximum Gasteiger partial charge on any atom is 0.274 e. The van der Waals surface area contributed by atoms with Crippen LogP contribution in [-0.2, 0) is 0 Å². The normalized spacial score (nSPS) is 15.3. The molecule has 3 heterocycles. The number of imidazole rings is 1. The van der Waals surface area contributed by atoms with Crippen LogP contribution in [0.4, 0.5) is 10.1 Å². The average molecular weight is 352 g/mol. The van der Waals surface area contributed by atoms with Gasteiger partial charge in [0.15, 0.2) is 0 Å². The summed E-state index contributed by atoms with van der Waals surface area (Å²) in [6, 6.07) is 12.4. The smallest absolute Gasteiger partial charge is 0.274 e. The maximum absolute atomic E-state index is 13.1. The Hall–Kier alpha value is -2.89. The number of aromatic nitrogens is 2. The Balaban J connectivity index is 1.50. The van der Waals surface area contributed by atoms with Crippen molar-refractivity contribution in [2.75, 3.05) is 31.1 Å². The monoisotopic (exact) mass is 352 g/mol.